The van der Waals surface area contributed by atoms with E-state index >= 15 is 0 Å². The fraction of sp³-hybridized carbons (Fsp3) is 0.250. The van der Waals surface area contributed by atoms with Crippen LogP contribution in [0.5, 0.6) is 0 Å². The zero-order valence-electron chi connectivity index (χ0n) is 10.5. The third-order valence-electron chi connectivity index (χ3n) is 2.58. The minimum absolute atomic E-state index is 0.122. The maximum Gasteiger partial charge on any atom is 0.360 e. The molecule has 0 aliphatic rings. The molecule has 2 heterocycles. The van der Waals surface area contributed by atoms with Crippen LogP contribution in [0.4, 0.5) is 5.82 Å². The summed E-state index contributed by atoms with van der Waals surface area (Å²) >= 11 is 0. The molecule has 0 bridgehead atoms. The monoisotopic (exact) mass is 246 g/mol. The Hall–Kier alpha value is -2.37. The lowest BCUT2D eigenvalue weighted by molar-refractivity contribution is 0.0596. The van der Waals surface area contributed by atoms with Gasteiger partial charge in [-0.15, -0.1) is 0 Å². The average Bonchev–Trinajstić information content (AvgIpc) is 2.64. The van der Waals surface area contributed by atoms with Gasteiger partial charge in [0.2, 0.25) is 0 Å². The SMILES string of the molecule is COC(=O)c1nc(C)n(-c2cncc(C)c2)c1N. The summed E-state index contributed by atoms with van der Waals surface area (Å²) in [6, 6.07) is 1.92. The van der Waals surface area contributed by atoms with Crippen LogP contribution in [0.25, 0.3) is 5.69 Å². The number of aromatic nitrogens is 3. The number of ether oxygens (including phenoxy) is 1. The summed E-state index contributed by atoms with van der Waals surface area (Å²) < 4.78 is 6.31. The number of nitrogens with two attached hydrogens (primary N) is 1. The van der Waals surface area contributed by atoms with Gasteiger partial charge in [0.15, 0.2) is 5.69 Å². The Balaban J connectivity index is 2.59. The quantitative estimate of drug-likeness (QED) is 0.806. The predicted molar refractivity (Wildman–Crippen MR) is 66.6 cm³/mol. The molecule has 0 atom stereocenters. The standard InChI is InChI=1S/C12H14N4O2/c1-7-4-9(6-14-5-7)16-8(2)15-10(11(16)13)12(17)18-3/h4-6H,13H2,1-3H3. The fourth-order valence-electron chi connectivity index (χ4n) is 1.78. The molecule has 0 spiro atoms. The third kappa shape index (κ3) is 1.92. The van der Waals surface area contributed by atoms with E-state index in [1.807, 2.05) is 13.0 Å². The van der Waals surface area contributed by atoms with Gasteiger partial charge in [0, 0.05) is 6.20 Å². The first-order valence-corrected chi connectivity index (χ1v) is 5.39. The highest BCUT2D eigenvalue weighted by Gasteiger charge is 2.20. The maximum absolute atomic E-state index is 11.5. The van der Waals surface area contributed by atoms with Gasteiger partial charge in [-0.25, -0.2) is 9.78 Å². The second-order valence-electron chi connectivity index (χ2n) is 3.94. The number of carbonyl (C=O) groups excluding carboxylic acids is 1. The highest BCUT2D eigenvalue weighted by molar-refractivity contribution is 5.92. The van der Waals surface area contributed by atoms with E-state index in [1.165, 1.54) is 7.11 Å². The van der Waals surface area contributed by atoms with Gasteiger partial charge in [-0.2, -0.15) is 0 Å². The molecule has 0 aliphatic carbocycles. The Morgan fingerprint density at radius 1 is 1.39 bits per heavy atom. The molecule has 0 saturated heterocycles. The summed E-state index contributed by atoms with van der Waals surface area (Å²) in [5.74, 6) is 0.321. The second kappa shape index (κ2) is 4.48. The summed E-state index contributed by atoms with van der Waals surface area (Å²) in [5, 5.41) is 0. The Bertz CT molecular complexity index is 604. The summed E-state index contributed by atoms with van der Waals surface area (Å²) in [6.07, 6.45) is 3.41. The van der Waals surface area contributed by atoms with E-state index in [0.717, 1.165) is 11.3 Å². The molecule has 2 rings (SSSR count). The molecule has 18 heavy (non-hydrogen) atoms. The summed E-state index contributed by atoms with van der Waals surface area (Å²) in [5.41, 5.74) is 7.83. The molecular weight excluding hydrogens is 232 g/mol. The number of aryl methyl sites for hydroxylation is 2. The van der Waals surface area contributed by atoms with Crippen molar-refractivity contribution in [2.45, 2.75) is 13.8 Å². The molecule has 6 nitrogen and oxygen atoms in total. The molecule has 0 fully saturated rings. The van der Waals surface area contributed by atoms with Crippen LogP contribution in [0.15, 0.2) is 18.5 Å². The highest BCUT2D eigenvalue weighted by atomic mass is 16.5. The van der Waals surface area contributed by atoms with Gasteiger partial charge in [0.1, 0.15) is 11.6 Å². The number of hydrogen-bond donors (Lipinski definition) is 1. The second-order valence-corrected chi connectivity index (χ2v) is 3.94. The van der Waals surface area contributed by atoms with Gasteiger partial charge in [-0.3, -0.25) is 9.55 Å². The first-order chi connectivity index (χ1) is 8.54. The van der Waals surface area contributed by atoms with Crippen molar-refractivity contribution in [3.63, 3.8) is 0 Å². The van der Waals surface area contributed by atoms with Crippen molar-refractivity contribution < 1.29 is 9.53 Å². The van der Waals surface area contributed by atoms with Crippen molar-refractivity contribution in [1.29, 1.82) is 0 Å². The van der Waals surface area contributed by atoms with Gasteiger partial charge in [-0.1, -0.05) is 0 Å². The molecular formula is C12H14N4O2. The third-order valence-corrected chi connectivity index (χ3v) is 2.58. The number of hydrogen-bond acceptors (Lipinski definition) is 5. The first kappa shape index (κ1) is 12.1. The molecule has 2 aromatic heterocycles. The number of anilines is 1. The molecule has 2 N–H and O–H groups in total. The Kier molecular flexibility index (Phi) is 3.01. The first-order valence-electron chi connectivity index (χ1n) is 5.39. The zero-order chi connectivity index (χ0) is 13.3. The molecule has 2 aromatic rings. The van der Waals surface area contributed by atoms with Crippen molar-refractivity contribution in [3.8, 4) is 5.69 Å². The van der Waals surface area contributed by atoms with Crippen molar-refractivity contribution >= 4 is 11.8 Å². The average molecular weight is 246 g/mol. The van der Waals surface area contributed by atoms with E-state index < -0.39 is 5.97 Å². The van der Waals surface area contributed by atoms with Crippen LogP contribution in [-0.2, 0) is 4.74 Å². The van der Waals surface area contributed by atoms with Crippen molar-refractivity contribution in [2.75, 3.05) is 12.8 Å². The molecule has 0 unspecified atom stereocenters. The van der Waals surface area contributed by atoms with E-state index in [2.05, 4.69) is 14.7 Å². The smallest absolute Gasteiger partial charge is 0.360 e. The normalized spacial score (nSPS) is 10.4. The number of esters is 1. The van der Waals surface area contributed by atoms with Crippen LogP contribution < -0.4 is 5.73 Å². The number of carbonyl (C=O) groups is 1. The molecule has 6 heteroatoms. The minimum Gasteiger partial charge on any atom is -0.464 e. The Morgan fingerprint density at radius 3 is 2.72 bits per heavy atom. The Labute approximate surface area is 104 Å². The van der Waals surface area contributed by atoms with Gasteiger partial charge in [0.05, 0.1) is 19.0 Å². The molecule has 94 valence electrons. The van der Waals surface area contributed by atoms with Crippen LogP contribution in [0.1, 0.15) is 21.9 Å². The van der Waals surface area contributed by atoms with E-state index in [0.29, 0.717) is 5.82 Å². The minimum atomic E-state index is -0.546. The predicted octanol–water partition coefficient (Wildman–Crippen LogP) is 1.25. The molecule has 0 radical (unpaired) electrons. The lowest BCUT2D eigenvalue weighted by Crippen LogP contribution is -2.08. The molecule has 0 saturated carbocycles. The highest BCUT2D eigenvalue weighted by Crippen LogP contribution is 2.21. The summed E-state index contributed by atoms with van der Waals surface area (Å²) in [4.78, 5) is 19.7. The van der Waals surface area contributed by atoms with Crippen molar-refractivity contribution in [1.82, 2.24) is 14.5 Å². The lowest BCUT2D eigenvalue weighted by atomic mass is 10.3. The largest absolute Gasteiger partial charge is 0.464 e. The van der Waals surface area contributed by atoms with E-state index in [-0.39, 0.29) is 11.5 Å². The van der Waals surface area contributed by atoms with Crippen molar-refractivity contribution in [2.24, 2.45) is 0 Å². The zero-order valence-corrected chi connectivity index (χ0v) is 10.5. The van der Waals surface area contributed by atoms with E-state index in [4.69, 9.17) is 5.73 Å². The number of rotatable bonds is 2. The van der Waals surface area contributed by atoms with Crippen LogP contribution in [-0.4, -0.2) is 27.6 Å². The van der Waals surface area contributed by atoms with Gasteiger partial charge in [-0.05, 0) is 25.5 Å². The van der Waals surface area contributed by atoms with Crippen molar-refractivity contribution in [3.05, 3.63) is 35.5 Å². The van der Waals surface area contributed by atoms with Gasteiger partial charge >= 0.3 is 5.97 Å². The van der Waals surface area contributed by atoms with E-state index in [9.17, 15) is 4.79 Å². The van der Waals surface area contributed by atoms with Crippen LogP contribution in [0.2, 0.25) is 0 Å². The van der Waals surface area contributed by atoms with Gasteiger partial charge < -0.3 is 10.5 Å². The maximum atomic E-state index is 11.5. The fourth-order valence-corrected chi connectivity index (χ4v) is 1.78. The lowest BCUT2D eigenvalue weighted by Gasteiger charge is -2.07. The van der Waals surface area contributed by atoms with E-state index in [1.54, 1.807) is 23.9 Å². The number of pyridine rings is 1. The molecule has 0 aliphatic heterocycles. The number of nitrogens with zero attached hydrogens (tertiary/aromatic N) is 3. The van der Waals surface area contributed by atoms with Crippen LogP contribution in [0, 0.1) is 13.8 Å². The topological polar surface area (TPSA) is 83.0 Å². The number of methoxy groups -OCH3 is 1. The summed E-state index contributed by atoms with van der Waals surface area (Å²) in [6.45, 7) is 3.70. The molecule has 0 amide bonds. The number of nitrogen functional groups attached to an aromatic ring is 1. The Morgan fingerprint density at radius 2 is 2.11 bits per heavy atom. The van der Waals surface area contributed by atoms with Gasteiger partial charge in [0.25, 0.3) is 0 Å². The number of imidazole rings is 1. The van der Waals surface area contributed by atoms with Crippen LogP contribution in [0.3, 0.4) is 0 Å². The summed E-state index contributed by atoms with van der Waals surface area (Å²) in [7, 11) is 1.30. The van der Waals surface area contributed by atoms with Crippen LogP contribution >= 0.6 is 0 Å². The molecule has 0 aromatic carbocycles.